The van der Waals surface area contributed by atoms with Crippen molar-refractivity contribution in [2.24, 2.45) is 0 Å². The molecule has 1 aromatic carbocycles. The van der Waals surface area contributed by atoms with Crippen LogP contribution in [0.25, 0.3) is 0 Å². The van der Waals surface area contributed by atoms with Gasteiger partial charge in [-0.15, -0.1) is 0 Å². The summed E-state index contributed by atoms with van der Waals surface area (Å²) in [6.45, 7) is 0. The monoisotopic (exact) mass is 104 g/mol. The van der Waals surface area contributed by atoms with Crippen molar-refractivity contribution in [3.63, 3.8) is 0 Å². The first-order valence-electron chi connectivity index (χ1n) is 2.20. The molecule has 0 aliphatic carbocycles. The standard InChI is InChI=1S/C6H5.Al/c1-2-4-6-5-3-1;/h1-5H;/q;+2. The van der Waals surface area contributed by atoms with Crippen molar-refractivity contribution in [1.29, 1.82) is 0 Å². The summed E-state index contributed by atoms with van der Waals surface area (Å²) < 4.78 is 1.24. The second kappa shape index (κ2) is 2.16. The van der Waals surface area contributed by atoms with Crippen molar-refractivity contribution in [2.45, 2.75) is 0 Å². The third kappa shape index (κ3) is 1.35. The Bertz CT molecular complexity index is 134. The molecule has 0 N–H and O–H groups in total. The van der Waals surface area contributed by atoms with Crippen molar-refractivity contribution in [1.82, 2.24) is 0 Å². The Morgan fingerprint density at radius 3 is 1.86 bits per heavy atom. The first kappa shape index (κ1) is 4.90. The van der Waals surface area contributed by atoms with Gasteiger partial charge in [-0.3, -0.25) is 0 Å². The quantitative estimate of drug-likeness (QED) is 0.420. The first-order chi connectivity index (χ1) is 3.39. The molecule has 0 saturated heterocycles. The van der Waals surface area contributed by atoms with Gasteiger partial charge < -0.3 is 0 Å². The Kier molecular flexibility index (Phi) is 1.51. The van der Waals surface area contributed by atoms with E-state index in [1.54, 1.807) is 0 Å². The Labute approximate surface area is 51.6 Å². The van der Waals surface area contributed by atoms with Gasteiger partial charge >= 0.3 is 51.0 Å². The van der Waals surface area contributed by atoms with Gasteiger partial charge in [0.15, 0.2) is 0 Å². The predicted molar refractivity (Wildman–Crippen MR) is 31.8 cm³/mol. The molecule has 0 nitrogen and oxygen atoms in total. The van der Waals surface area contributed by atoms with Crippen LogP contribution in [0.15, 0.2) is 30.3 Å². The molecule has 0 atom stereocenters. The van der Waals surface area contributed by atoms with Crippen LogP contribution in [0.4, 0.5) is 0 Å². The van der Waals surface area contributed by atoms with E-state index in [1.807, 2.05) is 30.3 Å². The van der Waals surface area contributed by atoms with Gasteiger partial charge in [0, 0.05) is 0 Å². The molecule has 0 bridgehead atoms. The summed E-state index contributed by atoms with van der Waals surface area (Å²) in [5.74, 6) is 0. The number of rotatable bonds is 0. The van der Waals surface area contributed by atoms with Crippen molar-refractivity contribution in [3.8, 4) is 0 Å². The van der Waals surface area contributed by atoms with E-state index < -0.39 is 0 Å². The minimum absolute atomic E-state index is 1.24. The van der Waals surface area contributed by atoms with E-state index >= 15 is 0 Å². The van der Waals surface area contributed by atoms with E-state index in [0.29, 0.717) is 0 Å². The average molecular weight is 104 g/mol. The molecule has 0 fully saturated rings. The van der Waals surface area contributed by atoms with Crippen molar-refractivity contribution in [2.75, 3.05) is 0 Å². The molecule has 0 radical (unpaired) electrons. The van der Waals surface area contributed by atoms with Crippen molar-refractivity contribution >= 4 is 20.7 Å². The molecule has 30 valence electrons. The topological polar surface area (TPSA) is 0 Å². The molecular weight excluding hydrogens is 99.0 g/mol. The molecule has 0 aromatic heterocycles. The third-order valence-electron chi connectivity index (χ3n) is 0.800. The van der Waals surface area contributed by atoms with Crippen molar-refractivity contribution < 1.29 is 0 Å². The van der Waals surface area contributed by atoms with E-state index in [-0.39, 0.29) is 0 Å². The second-order valence-electron chi connectivity index (χ2n) is 1.41. The fourth-order valence-electron chi connectivity index (χ4n) is 0.453. The summed E-state index contributed by atoms with van der Waals surface area (Å²) in [6.07, 6.45) is 0. The molecule has 0 aliphatic rings. The molecule has 1 rings (SSSR count). The van der Waals surface area contributed by atoms with Gasteiger partial charge in [0.2, 0.25) is 0 Å². The Morgan fingerprint density at radius 1 is 1.00 bits per heavy atom. The van der Waals surface area contributed by atoms with Crippen LogP contribution >= 0.6 is 0 Å². The van der Waals surface area contributed by atoms with Crippen LogP contribution in [0.1, 0.15) is 0 Å². The summed E-state index contributed by atoms with van der Waals surface area (Å²) >= 11 is 2.63. The van der Waals surface area contributed by atoms with Crippen LogP contribution < -0.4 is 4.43 Å². The summed E-state index contributed by atoms with van der Waals surface area (Å²) in [5, 5.41) is 0. The van der Waals surface area contributed by atoms with Crippen LogP contribution in [0, 0.1) is 0 Å². The molecule has 7 heavy (non-hydrogen) atoms. The Hall–Kier alpha value is -0.248. The van der Waals surface area contributed by atoms with Crippen LogP contribution in [0.2, 0.25) is 0 Å². The Morgan fingerprint density at radius 2 is 1.57 bits per heavy atom. The predicted octanol–water partition coefficient (Wildman–Crippen LogP) is 0.480. The number of benzene rings is 1. The maximum absolute atomic E-state index is 2.63. The molecule has 1 aromatic rings. The fourth-order valence-corrected chi connectivity index (χ4v) is 0.675. The molecule has 0 spiro atoms. The zero-order valence-electron chi connectivity index (χ0n) is 3.96. The van der Waals surface area contributed by atoms with Crippen LogP contribution in [-0.2, 0) is 0 Å². The first-order valence-corrected chi connectivity index (χ1v) is 2.78. The van der Waals surface area contributed by atoms with E-state index in [4.69, 9.17) is 0 Å². The van der Waals surface area contributed by atoms with Gasteiger partial charge in [-0.05, 0) is 0 Å². The minimum atomic E-state index is 1.24. The van der Waals surface area contributed by atoms with Gasteiger partial charge in [0.25, 0.3) is 0 Å². The Balaban J connectivity index is 3.02. The molecule has 0 amide bonds. The molecule has 0 aliphatic heterocycles. The molecule has 1 heteroatoms. The fraction of sp³-hybridized carbons (Fsp3) is 0. The molecule has 0 unspecified atom stereocenters. The van der Waals surface area contributed by atoms with Gasteiger partial charge in [0.1, 0.15) is 0 Å². The number of hydrogen-bond donors (Lipinski definition) is 0. The van der Waals surface area contributed by atoms with Crippen LogP contribution in [0.3, 0.4) is 0 Å². The van der Waals surface area contributed by atoms with Crippen LogP contribution in [0.5, 0.6) is 0 Å². The van der Waals surface area contributed by atoms with E-state index in [2.05, 4.69) is 16.3 Å². The van der Waals surface area contributed by atoms with Gasteiger partial charge in [-0.2, -0.15) is 0 Å². The summed E-state index contributed by atoms with van der Waals surface area (Å²) in [6, 6.07) is 10.1. The molecule has 0 saturated carbocycles. The van der Waals surface area contributed by atoms with Crippen LogP contribution in [-0.4, -0.2) is 16.3 Å². The normalized spacial score (nSPS) is 8.86. The van der Waals surface area contributed by atoms with Crippen molar-refractivity contribution in [3.05, 3.63) is 30.3 Å². The second-order valence-corrected chi connectivity index (χ2v) is 2.08. The van der Waals surface area contributed by atoms with E-state index in [1.165, 1.54) is 4.43 Å². The molecule has 0 heterocycles. The maximum atomic E-state index is 2.63. The van der Waals surface area contributed by atoms with E-state index in [0.717, 1.165) is 0 Å². The zero-order chi connectivity index (χ0) is 5.11. The van der Waals surface area contributed by atoms with Gasteiger partial charge in [-0.1, -0.05) is 0 Å². The average Bonchev–Trinajstić information content (AvgIpc) is 1.69. The zero-order valence-corrected chi connectivity index (χ0v) is 5.12. The van der Waals surface area contributed by atoms with Gasteiger partial charge in [-0.25, -0.2) is 0 Å². The summed E-state index contributed by atoms with van der Waals surface area (Å²) in [5.41, 5.74) is 0. The van der Waals surface area contributed by atoms with Gasteiger partial charge in [0.05, 0.1) is 0 Å². The van der Waals surface area contributed by atoms with E-state index in [9.17, 15) is 0 Å². The third-order valence-corrected chi connectivity index (χ3v) is 1.18. The number of hydrogen-bond acceptors (Lipinski definition) is 0. The molecular formula is C6H5Al+2. The summed E-state index contributed by atoms with van der Waals surface area (Å²) in [4.78, 5) is 0. The SMILES string of the molecule is [Al+2][c]1ccccc1. The summed E-state index contributed by atoms with van der Waals surface area (Å²) in [7, 11) is 0.